The molecule has 1 aliphatic carbocycles. The summed E-state index contributed by atoms with van der Waals surface area (Å²) in [7, 11) is 0. The molecule has 0 aliphatic heterocycles. The minimum atomic E-state index is 0.269. The highest BCUT2D eigenvalue weighted by atomic mass is 35.5. The molecule has 2 N–H and O–H groups in total. The van der Waals surface area contributed by atoms with Crippen LogP contribution < -0.4 is 10.5 Å². The average Bonchev–Trinajstić information content (AvgIpc) is 2.22. The summed E-state index contributed by atoms with van der Waals surface area (Å²) >= 11 is 5.82. The van der Waals surface area contributed by atoms with E-state index < -0.39 is 0 Å². The first-order valence-corrected chi connectivity index (χ1v) is 5.64. The Balaban J connectivity index is 1.92. The van der Waals surface area contributed by atoms with Crippen molar-refractivity contribution in [2.75, 3.05) is 0 Å². The first kappa shape index (κ1) is 10.7. The topological polar surface area (TPSA) is 48.1 Å². The molecule has 0 saturated heterocycles. The van der Waals surface area contributed by atoms with Crippen molar-refractivity contribution in [3.8, 4) is 5.75 Å². The molecule has 0 radical (unpaired) electrons. The van der Waals surface area contributed by atoms with Gasteiger partial charge in [-0.15, -0.1) is 0 Å². The lowest BCUT2D eigenvalue weighted by Crippen LogP contribution is -2.31. The third-order valence-corrected chi connectivity index (χ3v) is 2.91. The van der Waals surface area contributed by atoms with Crippen LogP contribution in [-0.2, 0) is 0 Å². The molecule has 0 atom stereocenters. The van der Waals surface area contributed by atoms with Crippen LogP contribution in [0.2, 0.25) is 5.02 Å². The lowest BCUT2D eigenvalue weighted by Gasteiger charge is -2.26. The molecule has 0 bridgehead atoms. The Hall–Kier alpha value is -0.800. The number of hydrogen-bond donors (Lipinski definition) is 1. The van der Waals surface area contributed by atoms with E-state index in [0.717, 1.165) is 31.4 Å². The molecule has 1 fully saturated rings. The van der Waals surface area contributed by atoms with E-state index in [1.165, 1.54) is 0 Å². The molecule has 1 saturated carbocycles. The van der Waals surface area contributed by atoms with Gasteiger partial charge in [-0.05, 0) is 25.7 Å². The molecule has 0 aromatic carbocycles. The summed E-state index contributed by atoms with van der Waals surface area (Å²) < 4.78 is 5.78. The lowest BCUT2D eigenvalue weighted by atomic mass is 9.94. The predicted molar refractivity (Wildman–Crippen MR) is 60.1 cm³/mol. The molecule has 1 aromatic heterocycles. The minimum absolute atomic E-state index is 0.269. The summed E-state index contributed by atoms with van der Waals surface area (Å²) in [6.07, 6.45) is 7.69. The first-order chi connectivity index (χ1) is 7.24. The van der Waals surface area contributed by atoms with Gasteiger partial charge in [0, 0.05) is 18.3 Å². The van der Waals surface area contributed by atoms with E-state index in [9.17, 15) is 0 Å². The zero-order valence-corrected chi connectivity index (χ0v) is 9.28. The smallest absolute Gasteiger partial charge is 0.139 e. The Bertz CT molecular complexity index is 324. The molecule has 0 amide bonds. The fourth-order valence-electron chi connectivity index (χ4n) is 1.86. The largest absolute Gasteiger partial charge is 0.489 e. The van der Waals surface area contributed by atoms with Crippen LogP contribution in [0.3, 0.4) is 0 Å². The quantitative estimate of drug-likeness (QED) is 0.843. The maximum absolute atomic E-state index is 5.83. The van der Waals surface area contributed by atoms with Crippen LogP contribution in [0.25, 0.3) is 0 Å². The molecular formula is C11H15ClN2O. The predicted octanol–water partition coefficient (Wildman–Crippen LogP) is 2.38. The van der Waals surface area contributed by atoms with Crippen LogP contribution in [0.4, 0.5) is 0 Å². The summed E-state index contributed by atoms with van der Waals surface area (Å²) in [6, 6.07) is 2.14. The molecule has 82 valence electrons. The van der Waals surface area contributed by atoms with Crippen LogP contribution >= 0.6 is 11.6 Å². The molecule has 1 aromatic rings. The Labute approximate surface area is 94.6 Å². The molecule has 4 heteroatoms. The van der Waals surface area contributed by atoms with Crippen molar-refractivity contribution in [2.24, 2.45) is 5.73 Å². The maximum atomic E-state index is 5.83. The molecule has 0 spiro atoms. The summed E-state index contributed by atoms with van der Waals surface area (Å²) in [5.74, 6) is 0.753. The first-order valence-electron chi connectivity index (χ1n) is 5.27. The maximum Gasteiger partial charge on any atom is 0.139 e. The van der Waals surface area contributed by atoms with Crippen LogP contribution in [0.1, 0.15) is 25.7 Å². The van der Waals surface area contributed by atoms with E-state index in [0.29, 0.717) is 11.1 Å². The van der Waals surface area contributed by atoms with Gasteiger partial charge in [0.05, 0.1) is 17.3 Å². The minimum Gasteiger partial charge on any atom is -0.489 e. The normalized spacial score (nSPS) is 26.3. The molecular weight excluding hydrogens is 212 g/mol. The van der Waals surface area contributed by atoms with Gasteiger partial charge in [0.2, 0.25) is 0 Å². The fourth-order valence-corrected chi connectivity index (χ4v) is 2.02. The Kier molecular flexibility index (Phi) is 3.44. The standard InChI is InChI=1S/C11H15ClN2O/c12-8-5-11(7-14-6-8)15-10-3-1-9(13)2-4-10/h5-7,9-10H,1-4,13H2. The lowest BCUT2D eigenvalue weighted by molar-refractivity contribution is 0.146. The van der Waals surface area contributed by atoms with Gasteiger partial charge in [0.25, 0.3) is 0 Å². The summed E-state index contributed by atoms with van der Waals surface area (Å²) in [4.78, 5) is 3.98. The highest BCUT2D eigenvalue weighted by Gasteiger charge is 2.19. The monoisotopic (exact) mass is 226 g/mol. The molecule has 0 unspecified atom stereocenters. The second-order valence-corrected chi connectivity index (χ2v) is 4.43. The van der Waals surface area contributed by atoms with Gasteiger partial charge in [0.1, 0.15) is 5.75 Å². The van der Waals surface area contributed by atoms with Crippen LogP contribution in [-0.4, -0.2) is 17.1 Å². The highest BCUT2D eigenvalue weighted by molar-refractivity contribution is 6.30. The Morgan fingerprint density at radius 2 is 2.00 bits per heavy atom. The molecule has 1 heterocycles. The summed E-state index contributed by atoms with van der Waals surface area (Å²) in [5, 5.41) is 0.611. The fraction of sp³-hybridized carbons (Fsp3) is 0.545. The molecule has 15 heavy (non-hydrogen) atoms. The number of rotatable bonds is 2. The zero-order valence-electron chi connectivity index (χ0n) is 8.53. The summed E-state index contributed by atoms with van der Waals surface area (Å²) in [5.41, 5.74) is 5.83. The molecule has 1 aliphatic rings. The molecule has 2 rings (SSSR count). The van der Waals surface area contributed by atoms with Gasteiger partial charge in [-0.1, -0.05) is 11.6 Å². The van der Waals surface area contributed by atoms with Crippen LogP contribution in [0, 0.1) is 0 Å². The Morgan fingerprint density at radius 3 is 2.67 bits per heavy atom. The van der Waals surface area contributed by atoms with Gasteiger partial charge in [-0.25, -0.2) is 0 Å². The van der Waals surface area contributed by atoms with E-state index in [1.54, 1.807) is 18.5 Å². The van der Waals surface area contributed by atoms with Gasteiger partial charge < -0.3 is 10.5 Å². The van der Waals surface area contributed by atoms with Gasteiger partial charge in [-0.3, -0.25) is 4.98 Å². The van der Waals surface area contributed by atoms with E-state index >= 15 is 0 Å². The molecule has 3 nitrogen and oxygen atoms in total. The second-order valence-electron chi connectivity index (χ2n) is 3.99. The van der Waals surface area contributed by atoms with Crippen molar-refractivity contribution < 1.29 is 4.74 Å². The third kappa shape index (κ3) is 3.08. The third-order valence-electron chi connectivity index (χ3n) is 2.70. The number of halogens is 1. The zero-order chi connectivity index (χ0) is 10.7. The van der Waals surface area contributed by atoms with E-state index in [-0.39, 0.29) is 6.10 Å². The highest BCUT2D eigenvalue weighted by Crippen LogP contribution is 2.23. The van der Waals surface area contributed by atoms with E-state index in [4.69, 9.17) is 22.1 Å². The van der Waals surface area contributed by atoms with Crippen LogP contribution in [0.5, 0.6) is 5.75 Å². The number of nitrogens with two attached hydrogens (primary N) is 1. The number of pyridine rings is 1. The van der Waals surface area contributed by atoms with Gasteiger partial charge in [0.15, 0.2) is 0 Å². The second kappa shape index (κ2) is 4.81. The van der Waals surface area contributed by atoms with Crippen molar-refractivity contribution in [2.45, 2.75) is 37.8 Å². The van der Waals surface area contributed by atoms with Crippen molar-refractivity contribution >= 4 is 11.6 Å². The van der Waals surface area contributed by atoms with Crippen molar-refractivity contribution in [3.05, 3.63) is 23.5 Å². The number of nitrogens with zero attached hydrogens (tertiary/aromatic N) is 1. The SMILES string of the molecule is NC1CCC(Oc2cncc(Cl)c2)CC1. The van der Waals surface area contributed by atoms with Gasteiger partial charge >= 0.3 is 0 Å². The van der Waals surface area contributed by atoms with Crippen molar-refractivity contribution in [1.82, 2.24) is 4.98 Å². The number of ether oxygens (including phenoxy) is 1. The average molecular weight is 227 g/mol. The van der Waals surface area contributed by atoms with Crippen molar-refractivity contribution in [3.63, 3.8) is 0 Å². The van der Waals surface area contributed by atoms with E-state index in [1.807, 2.05) is 0 Å². The van der Waals surface area contributed by atoms with Gasteiger partial charge in [-0.2, -0.15) is 0 Å². The van der Waals surface area contributed by atoms with E-state index in [2.05, 4.69) is 4.98 Å². The number of aromatic nitrogens is 1. The number of hydrogen-bond acceptors (Lipinski definition) is 3. The van der Waals surface area contributed by atoms with Crippen molar-refractivity contribution in [1.29, 1.82) is 0 Å². The summed E-state index contributed by atoms with van der Waals surface area (Å²) in [6.45, 7) is 0. The Morgan fingerprint density at radius 1 is 1.27 bits per heavy atom. The van der Waals surface area contributed by atoms with Crippen LogP contribution in [0.15, 0.2) is 18.5 Å².